The Morgan fingerprint density at radius 1 is 0.833 bits per heavy atom. The summed E-state index contributed by atoms with van der Waals surface area (Å²) in [5.74, 6) is -1.19. The van der Waals surface area contributed by atoms with Crippen molar-refractivity contribution < 1.29 is 36.5 Å². The van der Waals surface area contributed by atoms with Crippen LogP contribution in [0, 0.1) is 16.0 Å². The first-order valence-corrected chi connectivity index (χ1v) is 25.7. The van der Waals surface area contributed by atoms with Gasteiger partial charge in [-0.15, -0.1) is 0 Å². The van der Waals surface area contributed by atoms with Crippen LogP contribution in [0.3, 0.4) is 0 Å². The molecule has 2 amide bonds. The first kappa shape index (κ1) is 49.7. The van der Waals surface area contributed by atoms with E-state index in [9.17, 15) is 19.7 Å². The Morgan fingerprint density at radius 2 is 1.33 bits per heavy atom. The standard InChI is InChI=1S/C51H61FN4O8SSi/c1-37(2)32-34-55(65(61,62)42-29-27-41(28-30-42)56(59)60)51(35-45(51)64-66(50(3,4)5,43-23-15-9-16-24-43)44-25-17-10-18-26-44)33-31-40(52)36-53-48(57)47(54-49(58)63-6)46(38-19-11-7-12-20-38)39-21-13-8-14-22-39/h7-30,37,40,45-47H,31-36H2,1-6H3,(H,53,57)(H,54,58). The van der Waals surface area contributed by atoms with Crippen molar-refractivity contribution >= 4 is 46.4 Å². The number of halogens is 1. The molecule has 1 aliphatic rings. The average Bonchev–Trinajstić information content (AvgIpc) is 4.01. The summed E-state index contributed by atoms with van der Waals surface area (Å²) in [6.07, 6.45) is -2.50. The van der Waals surface area contributed by atoms with Gasteiger partial charge >= 0.3 is 6.09 Å². The highest BCUT2D eigenvalue weighted by molar-refractivity contribution is 7.89. The Morgan fingerprint density at radius 3 is 1.79 bits per heavy atom. The predicted molar refractivity (Wildman–Crippen MR) is 257 cm³/mol. The molecule has 1 fully saturated rings. The molecule has 4 unspecified atom stereocenters. The summed E-state index contributed by atoms with van der Waals surface area (Å²) >= 11 is 0. The number of benzene rings is 5. The smallest absolute Gasteiger partial charge is 0.407 e. The molecule has 66 heavy (non-hydrogen) atoms. The Balaban J connectivity index is 1.36. The Kier molecular flexibility index (Phi) is 16.0. The molecule has 1 saturated carbocycles. The number of nitro benzene ring substituents is 1. The minimum Gasteiger partial charge on any atom is -0.453 e. The number of carbonyl (C=O) groups is 2. The fourth-order valence-electron chi connectivity index (χ4n) is 9.01. The number of hydrogen-bond donors (Lipinski definition) is 2. The van der Waals surface area contributed by atoms with Gasteiger partial charge in [0.15, 0.2) is 0 Å². The van der Waals surface area contributed by atoms with E-state index in [1.54, 1.807) is 0 Å². The van der Waals surface area contributed by atoms with Crippen molar-refractivity contribution in [2.75, 3.05) is 20.2 Å². The molecule has 1 aliphatic carbocycles. The van der Waals surface area contributed by atoms with Crippen molar-refractivity contribution in [1.82, 2.24) is 14.9 Å². The number of hydrogen-bond acceptors (Lipinski definition) is 8. The number of rotatable bonds is 21. The van der Waals surface area contributed by atoms with Gasteiger partial charge in [-0.25, -0.2) is 17.6 Å². The molecular formula is C51H61FN4O8SSi. The highest BCUT2D eigenvalue weighted by Crippen LogP contribution is 2.54. The number of ether oxygens (including phenoxy) is 1. The van der Waals surface area contributed by atoms with E-state index in [1.807, 2.05) is 111 Å². The molecule has 0 bridgehead atoms. The Labute approximate surface area is 389 Å². The van der Waals surface area contributed by atoms with Crippen molar-refractivity contribution in [2.24, 2.45) is 5.92 Å². The van der Waals surface area contributed by atoms with Crippen LogP contribution >= 0.6 is 0 Å². The molecule has 15 heteroatoms. The van der Waals surface area contributed by atoms with Gasteiger partial charge in [0.05, 0.1) is 28.6 Å². The van der Waals surface area contributed by atoms with Gasteiger partial charge in [-0.1, -0.05) is 156 Å². The SMILES string of the molecule is COC(=O)NC(C(=O)NCC(F)CCC1(N(CCC(C)C)S(=O)(=O)c2ccc([N+](=O)[O-])cc2)CC1O[Si](c1ccccc1)(c1ccccc1)C(C)(C)C)C(c1ccccc1)c1ccccc1. The number of methoxy groups -OCH3 is 1. The third-order valence-electron chi connectivity index (χ3n) is 12.5. The number of nitrogens with zero attached hydrogens (tertiary/aromatic N) is 2. The predicted octanol–water partition coefficient (Wildman–Crippen LogP) is 8.51. The maximum absolute atomic E-state index is 16.7. The van der Waals surface area contributed by atoms with Crippen LogP contribution in [-0.2, 0) is 24.0 Å². The quantitative estimate of drug-likeness (QED) is 0.0422. The van der Waals surface area contributed by atoms with Crippen LogP contribution in [0.15, 0.2) is 150 Å². The highest BCUT2D eigenvalue weighted by atomic mass is 32.2. The van der Waals surface area contributed by atoms with Gasteiger partial charge in [0.25, 0.3) is 14.0 Å². The fourth-order valence-corrected chi connectivity index (χ4v) is 15.6. The zero-order chi connectivity index (χ0) is 47.7. The van der Waals surface area contributed by atoms with E-state index < -0.39 is 76.6 Å². The van der Waals surface area contributed by atoms with Gasteiger partial charge < -0.3 is 19.8 Å². The lowest BCUT2D eigenvalue weighted by atomic mass is 9.84. The lowest BCUT2D eigenvalue weighted by molar-refractivity contribution is -0.384. The number of nitro groups is 1. The molecule has 4 atom stereocenters. The Hall–Kier alpha value is -5.74. The van der Waals surface area contributed by atoms with Crippen molar-refractivity contribution in [3.8, 4) is 0 Å². The maximum atomic E-state index is 16.7. The number of alkyl halides is 1. The monoisotopic (exact) mass is 936 g/mol. The molecule has 0 radical (unpaired) electrons. The third kappa shape index (κ3) is 11.1. The first-order valence-electron chi connectivity index (χ1n) is 22.4. The molecule has 12 nitrogen and oxygen atoms in total. The molecule has 0 aromatic heterocycles. The molecule has 2 N–H and O–H groups in total. The lowest BCUT2D eigenvalue weighted by Gasteiger charge is -2.44. The molecule has 0 aliphatic heterocycles. The molecule has 5 aromatic carbocycles. The summed E-state index contributed by atoms with van der Waals surface area (Å²) in [6, 6.07) is 42.1. The zero-order valence-corrected chi connectivity index (χ0v) is 40.2. The fraction of sp³-hybridized carbons (Fsp3) is 0.373. The molecule has 0 heterocycles. The third-order valence-corrected chi connectivity index (χ3v) is 19.6. The second kappa shape index (κ2) is 21.3. The van der Waals surface area contributed by atoms with Gasteiger partial charge in [-0.05, 0) is 70.3 Å². The van der Waals surface area contributed by atoms with Gasteiger partial charge in [0.2, 0.25) is 15.9 Å². The molecule has 0 saturated heterocycles. The van der Waals surface area contributed by atoms with E-state index in [-0.39, 0.29) is 42.3 Å². The van der Waals surface area contributed by atoms with Crippen LogP contribution in [0.1, 0.15) is 77.3 Å². The van der Waals surface area contributed by atoms with Gasteiger partial charge in [-0.2, -0.15) is 4.31 Å². The van der Waals surface area contributed by atoms with Crippen LogP contribution in [-0.4, -0.2) is 82.0 Å². The minimum absolute atomic E-state index is 0.0394. The highest BCUT2D eigenvalue weighted by Gasteiger charge is 2.66. The summed E-state index contributed by atoms with van der Waals surface area (Å²) < 4.78 is 60.7. The van der Waals surface area contributed by atoms with Gasteiger partial charge in [0, 0.05) is 31.1 Å². The van der Waals surface area contributed by atoms with Crippen LogP contribution < -0.4 is 21.0 Å². The molecule has 0 spiro atoms. The van der Waals surface area contributed by atoms with E-state index in [4.69, 9.17) is 9.16 Å². The summed E-state index contributed by atoms with van der Waals surface area (Å²) in [5.41, 5.74) is 0.0186. The average molecular weight is 937 g/mol. The van der Waals surface area contributed by atoms with Crippen molar-refractivity contribution in [1.29, 1.82) is 0 Å². The lowest BCUT2D eigenvalue weighted by Crippen LogP contribution is -2.67. The second-order valence-electron chi connectivity index (χ2n) is 18.4. The van der Waals surface area contributed by atoms with Crippen LogP contribution in [0.2, 0.25) is 5.04 Å². The summed E-state index contributed by atoms with van der Waals surface area (Å²) in [6.45, 7) is 10.1. The maximum Gasteiger partial charge on any atom is 0.407 e. The summed E-state index contributed by atoms with van der Waals surface area (Å²) in [4.78, 5) is 37.8. The number of nitrogens with one attached hydrogen (secondary N) is 2. The van der Waals surface area contributed by atoms with E-state index in [2.05, 4.69) is 55.7 Å². The normalized spacial score (nSPS) is 17.3. The number of sulfonamides is 1. The summed E-state index contributed by atoms with van der Waals surface area (Å²) in [7, 11) is -6.41. The van der Waals surface area contributed by atoms with E-state index in [0.717, 1.165) is 21.5 Å². The Bertz CT molecular complexity index is 2420. The molecule has 5 aromatic rings. The van der Waals surface area contributed by atoms with E-state index in [0.29, 0.717) is 6.42 Å². The van der Waals surface area contributed by atoms with Crippen LogP contribution in [0.5, 0.6) is 0 Å². The van der Waals surface area contributed by atoms with Crippen LogP contribution in [0.25, 0.3) is 0 Å². The summed E-state index contributed by atoms with van der Waals surface area (Å²) in [5, 5.41) is 18.6. The van der Waals surface area contributed by atoms with E-state index in [1.165, 1.54) is 35.7 Å². The molecular weight excluding hydrogens is 876 g/mol. The number of carbonyl (C=O) groups excluding carboxylic acids is 2. The number of non-ortho nitro benzene ring substituents is 1. The zero-order valence-electron chi connectivity index (χ0n) is 38.4. The number of amides is 2. The van der Waals surface area contributed by atoms with Crippen molar-refractivity contribution in [3.63, 3.8) is 0 Å². The largest absolute Gasteiger partial charge is 0.453 e. The topological polar surface area (TPSA) is 157 Å². The van der Waals surface area contributed by atoms with Crippen molar-refractivity contribution in [3.05, 3.63) is 167 Å². The molecule has 6 rings (SSSR count). The second-order valence-corrected chi connectivity index (χ2v) is 24.5. The van der Waals surface area contributed by atoms with Crippen molar-refractivity contribution in [2.45, 2.75) is 100 Å². The van der Waals surface area contributed by atoms with E-state index >= 15 is 12.8 Å². The minimum atomic E-state index is -4.35. The number of alkyl carbamates (subject to hydrolysis) is 1. The molecule has 350 valence electrons. The van der Waals surface area contributed by atoms with Gasteiger partial charge in [0.1, 0.15) is 12.2 Å². The van der Waals surface area contributed by atoms with Gasteiger partial charge in [-0.3, -0.25) is 14.9 Å². The first-order chi connectivity index (χ1) is 31.4. The van der Waals surface area contributed by atoms with Crippen LogP contribution in [0.4, 0.5) is 14.9 Å².